The molecule has 2 atom stereocenters. The second-order valence-electron chi connectivity index (χ2n) is 6.06. The maximum Gasteiger partial charge on any atom is 0.441 e. The maximum absolute atomic E-state index is 11.9. The van der Waals surface area contributed by atoms with Crippen LogP contribution in [0.5, 0.6) is 0 Å². The Morgan fingerprint density at radius 1 is 1.55 bits per heavy atom. The van der Waals surface area contributed by atoms with Gasteiger partial charge in [0, 0.05) is 25.6 Å². The summed E-state index contributed by atoms with van der Waals surface area (Å²) >= 11 is 0. The minimum Gasteiger partial charge on any atom is -0.481 e. The minimum absolute atomic E-state index is 0.102. The third-order valence-electron chi connectivity index (χ3n) is 4.44. The monoisotopic (exact) mass is 311 g/mol. The summed E-state index contributed by atoms with van der Waals surface area (Å²) in [5.74, 6) is -0.785. The molecular weight excluding hydrogens is 286 g/mol. The van der Waals surface area contributed by atoms with E-state index in [0.717, 1.165) is 51.0 Å². The van der Waals surface area contributed by atoms with Crippen LogP contribution in [0.2, 0.25) is 0 Å². The molecule has 0 bridgehead atoms. The third-order valence-corrected chi connectivity index (χ3v) is 4.44. The van der Waals surface area contributed by atoms with Gasteiger partial charge in [-0.1, -0.05) is 25.4 Å². The van der Waals surface area contributed by atoms with E-state index in [9.17, 15) is 9.59 Å². The van der Waals surface area contributed by atoms with Crippen LogP contribution < -0.4 is 5.76 Å². The van der Waals surface area contributed by atoms with Crippen molar-refractivity contribution in [2.45, 2.75) is 52.0 Å². The average Bonchev–Trinajstić information content (AvgIpc) is 2.73. The Morgan fingerprint density at radius 2 is 2.32 bits per heavy atom. The smallest absolute Gasteiger partial charge is 0.441 e. The van der Waals surface area contributed by atoms with E-state index in [1.807, 2.05) is 6.92 Å². The summed E-state index contributed by atoms with van der Waals surface area (Å²) in [5, 5.41) is 12.9. The van der Waals surface area contributed by atoms with Gasteiger partial charge in [0.15, 0.2) is 5.82 Å². The fourth-order valence-corrected chi connectivity index (χ4v) is 3.05. The van der Waals surface area contributed by atoms with Crippen molar-refractivity contribution < 1.29 is 14.4 Å². The van der Waals surface area contributed by atoms with E-state index in [0.29, 0.717) is 6.54 Å². The highest BCUT2D eigenvalue weighted by Crippen LogP contribution is 2.24. The highest BCUT2D eigenvalue weighted by atomic mass is 16.5. The molecule has 22 heavy (non-hydrogen) atoms. The minimum atomic E-state index is -0.773. The van der Waals surface area contributed by atoms with E-state index in [2.05, 4.69) is 10.1 Å². The molecule has 0 saturated carbocycles. The predicted molar refractivity (Wildman–Crippen MR) is 80.9 cm³/mol. The van der Waals surface area contributed by atoms with Gasteiger partial charge in [-0.25, -0.2) is 4.79 Å². The van der Waals surface area contributed by atoms with Crippen molar-refractivity contribution in [1.29, 1.82) is 0 Å². The maximum atomic E-state index is 11.9. The summed E-state index contributed by atoms with van der Waals surface area (Å²) < 4.78 is 6.49. The Bertz CT molecular complexity index is 551. The van der Waals surface area contributed by atoms with Gasteiger partial charge in [0.25, 0.3) is 0 Å². The lowest BCUT2D eigenvalue weighted by Crippen LogP contribution is -2.34. The summed E-state index contributed by atoms with van der Waals surface area (Å²) in [6.07, 6.45) is 4.64. The van der Waals surface area contributed by atoms with Gasteiger partial charge >= 0.3 is 11.7 Å². The number of carboxylic acids is 1. The number of aliphatic carboxylic acids is 1. The molecule has 7 heteroatoms. The average molecular weight is 311 g/mol. The molecule has 2 rings (SSSR count). The molecule has 0 radical (unpaired) electrons. The highest BCUT2D eigenvalue weighted by Gasteiger charge is 2.24. The van der Waals surface area contributed by atoms with E-state index < -0.39 is 5.97 Å². The van der Waals surface area contributed by atoms with Gasteiger partial charge in [0.1, 0.15) is 0 Å². The molecule has 1 unspecified atom stereocenters. The summed E-state index contributed by atoms with van der Waals surface area (Å²) in [5.41, 5.74) is 0. The third kappa shape index (κ3) is 3.97. The van der Waals surface area contributed by atoms with Crippen molar-refractivity contribution in [3.63, 3.8) is 0 Å². The quantitative estimate of drug-likeness (QED) is 0.821. The Morgan fingerprint density at radius 3 is 3.00 bits per heavy atom. The molecule has 2 heterocycles. The van der Waals surface area contributed by atoms with E-state index in [4.69, 9.17) is 9.63 Å². The molecule has 1 aliphatic rings. The molecule has 0 spiro atoms. The number of carboxylic acid groups (broad SMARTS) is 1. The van der Waals surface area contributed by atoms with Crippen molar-refractivity contribution in [3.05, 3.63) is 16.4 Å². The largest absolute Gasteiger partial charge is 0.481 e. The molecule has 1 aromatic heterocycles. The number of carbonyl (C=O) groups is 1. The molecule has 0 aliphatic carbocycles. The van der Waals surface area contributed by atoms with Gasteiger partial charge in [-0.15, -0.1) is 0 Å². The van der Waals surface area contributed by atoms with Crippen molar-refractivity contribution >= 4 is 5.97 Å². The van der Waals surface area contributed by atoms with Gasteiger partial charge in [0.2, 0.25) is 0 Å². The zero-order valence-corrected chi connectivity index (χ0v) is 13.3. The molecule has 0 aromatic carbocycles. The Kier molecular flexibility index (Phi) is 5.76. The summed E-state index contributed by atoms with van der Waals surface area (Å²) in [6, 6.07) is 0.102. The molecule has 0 amide bonds. The Labute approximate surface area is 129 Å². The van der Waals surface area contributed by atoms with Crippen LogP contribution in [0.25, 0.3) is 0 Å². The molecule has 1 aliphatic heterocycles. The van der Waals surface area contributed by atoms with Crippen molar-refractivity contribution in [3.8, 4) is 0 Å². The topological polar surface area (TPSA) is 88.6 Å². The second-order valence-corrected chi connectivity index (χ2v) is 6.06. The van der Waals surface area contributed by atoms with E-state index >= 15 is 0 Å². The fourth-order valence-electron chi connectivity index (χ4n) is 3.05. The van der Waals surface area contributed by atoms with Crippen LogP contribution in [0.1, 0.15) is 51.4 Å². The Hall–Kier alpha value is -1.63. The van der Waals surface area contributed by atoms with Crippen LogP contribution in [0.15, 0.2) is 9.32 Å². The molecule has 0 fully saturated rings. The number of hydrogen-bond acceptors (Lipinski definition) is 5. The number of nitrogens with zero attached hydrogens (tertiary/aromatic N) is 3. The van der Waals surface area contributed by atoms with Crippen LogP contribution in [-0.4, -0.2) is 45.3 Å². The lowest BCUT2D eigenvalue weighted by atomic mass is 10.1. The molecule has 0 saturated heterocycles. The van der Waals surface area contributed by atoms with Crippen LogP contribution in [0, 0.1) is 5.92 Å². The highest BCUT2D eigenvalue weighted by molar-refractivity contribution is 5.69. The normalized spacial score (nSPS) is 19.7. The number of aryl methyl sites for hydroxylation is 1. The van der Waals surface area contributed by atoms with Gasteiger partial charge in [0.05, 0.1) is 5.92 Å². The first-order chi connectivity index (χ1) is 10.5. The van der Waals surface area contributed by atoms with E-state index in [-0.39, 0.29) is 17.7 Å². The lowest BCUT2D eigenvalue weighted by Gasteiger charge is -2.25. The van der Waals surface area contributed by atoms with Crippen molar-refractivity contribution in [1.82, 2.24) is 14.6 Å². The van der Waals surface area contributed by atoms with Gasteiger partial charge in [-0.05, 0) is 25.8 Å². The van der Waals surface area contributed by atoms with Crippen LogP contribution >= 0.6 is 0 Å². The summed E-state index contributed by atoms with van der Waals surface area (Å²) in [6.45, 7) is 5.85. The molecule has 1 N–H and O–H groups in total. The number of fused-ring (bicyclic) bond motifs is 1. The summed E-state index contributed by atoms with van der Waals surface area (Å²) in [4.78, 5) is 25.0. The van der Waals surface area contributed by atoms with Crippen LogP contribution in [0.3, 0.4) is 0 Å². The fraction of sp³-hybridized carbons (Fsp3) is 0.800. The molecule has 7 nitrogen and oxygen atoms in total. The standard InChI is InChI=1S/C15H25N3O4/c1-3-17(10-11(2)14(19)20)9-8-12-6-4-5-7-13-16-22-15(21)18(12)13/h11-12H,3-10H2,1-2H3,(H,19,20)/t11-,12?/m0/s1. The predicted octanol–water partition coefficient (Wildman–Crippen LogP) is 1.54. The first-order valence-electron chi connectivity index (χ1n) is 8.05. The number of rotatable bonds is 7. The molecular formula is C15H25N3O4. The van der Waals surface area contributed by atoms with Crippen molar-refractivity contribution in [2.75, 3.05) is 19.6 Å². The van der Waals surface area contributed by atoms with Gasteiger partial charge in [-0.3, -0.25) is 13.9 Å². The first-order valence-corrected chi connectivity index (χ1v) is 8.05. The zero-order chi connectivity index (χ0) is 16.1. The molecule has 1 aromatic rings. The molecule has 124 valence electrons. The zero-order valence-electron chi connectivity index (χ0n) is 13.3. The number of hydrogen-bond donors (Lipinski definition) is 1. The van der Waals surface area contributed by atoms with E-state index in [1.165, 1.54) is 0 Å². The number of aromatic nitrogens is 2. The second kappa shape index (κ2) is 7.58. The van der Waals surface area contributed by atoms with Gasteiger partial charge < -0.3 is 10.0 Å². The van der Waals surface area contributed by atoms with Crippen molar-refractivity contribution in [2.24, 2.45) is 5.92 Å². The van der Waals surface area contributed by atoms with Crippen LogP contribution in [-0.2, 0) is 11.2 Å². The lowest BCUT2D eigenvalue weighted by molar-refractivity contribution is -0.141. The van der Waals surface area contributed by atoms with Crippen LogP contribution in [0.4, 0.5) is 0 Å². The summed E-state index contributed by atoms with van der Waals surface area (Å²) in [7, 11) is 0. The SMILES string of the molecule is CCN(CCC1CCCCc2noc(=O)n21)C[C@H](C)C(=O)O. The van der Waals surface area contributed by atoms with E-state index in [1.54, 1.807) is 11.5 Å². The van der Waals surface area contributed by atoms with Gasteiger partial charge in [-0.2, -0.15) is 0 Å². The first kappa shape index (κ1) is 16.7. The Balaban J connectivity index is 1.99.